The van der Waals surface area contributed by atoms with Crippen LogP contribution in [0.3, 0.4) is 0 Å². The van der Waals surface area contributed by atoms with Gasteiger partial charge in [0.05, 0.1) is 11.4 Å². The fourth-order valence-corrected chi connectivity index (χ4v) is 1.81. The summed E-state index contributed by atoms with van der Waals surface area (Å²) < 4.78 is 39.0. The van der Waals surface area contributed by atoms with Gasteiger partial charge in [0, 0.05) is 6.20 Å². The molecule has 0 spiro atoms. The fraction of sp³-hybridized carbons (Fsp3) is 0.0667. The van der Waals surface area contributed by atoms with Crippen molar-refractivity contribution in [3.8, 4) is 23.9 Å². The number of hydrogen-bond acceptors (Lipinski definition) is 5. The summed E-state index contributed by atoms with van der Waals surface area (Å²) in [5.41, 5.74) is -1.38. The van der Waals surface area contributed by atoms with Crippen molar-refractivity contribution in [1.29, 1.82) is 15.8 Å². The van der Waals surface area contributed by atoms with E-state index in [0.717, 1.165) is 16.9 Å². The third kappa shape index (κ3) is 3.34. The average molecular weight is 328 g/mol. The first kappa shape index (κ1) is 16.6. The van der Waals surface area contributed by atoms with Gasteiger partial charge >= 0.3 is 6.18 Å². The first-order valence-corrected chi connectivity index (χ1v) is 6.34. The van der Waals surface area contributed by atoms with Crippen molar-refractivity contribution in [3.63, 3.8) is 0 Å². The molecular weight excluding hydrogens is 321 g/mol. The lowest BCUT2D eigenvalue weighted by Gasteiger charge is -2.11. The second-order valence-electron chi connectivity index (χ2n) is 4.37. The van der Waals surface area contributed by atoms with Crippen LogP contribution in [0.4, 0.5) is 18.9 Å². The quantitative estimate of drug-likeness (QED) is 0.872. The molecule has 1 N–H and O–H groups in total. The van der Waals surface area contributed by atoms with Crippen LogP contribution in [-0.4, -0.2) is 9.78 Å². The molecule has 9 heteroatoms. The average Bonchev–Trinajstić information content (AvgIpc) is 3.05. The SMILES string of the molecule is N#CC(C#N)=C(C#N)Nc1ccccc1-n1ccc(C(F)(F)F)n1. The number of aromatic nitrogens is 2. The van der Waals surface area contributed by atoms with Crippen molar-refractivity contribution in [2.24, 2.45) is 0 Å². The van der Waals surface area contributed by atoms with E-state index in [-0.39, 0.29) is 17.1 Å². The predicted molar refractivity (Wildman–Crippen MR) is 76.1 cm³/mol. The van der Waals surface area contributed by atoms with Crippen LogP contribution < -0.4 is 5.32 Å². The van der Waals surface area contributed by atoms with E-state index in [4.69, 9.17) is 15.8 Å². The summed E-state index contributed by atoms with van der Waals surface area (Å²) in [4.78, 5) is 0. The van der Waals surface area contributed by atoms with Gasteiger partial charge in [-0.05, 0) is 18.2 Å². The molecule has 2 rings (SSSR count). The Morgan fingerprint density at radius 1 is 1.04 bits per heavy atom. The number of allylic oxidation sites excluding steroid dienone is 2. The molecule has 118 valence electrons. The number of alkyl halides is 3. The highest BCUT2D eigenvalue weighted by Gasteiger charge is 2.33. The third-order valence-corrected chi connectivity index (χ3v) is 2.88. The van der Waals surface area contributed by atoms with Crippen LogP contribution >= 0.6 is 0 Å². The zero-order chi connectivity index (χ0) is 17.7. The summed E-state index contributed by atoms with van der Waals surface area (Å²) in [6.45, 7) is 0. The second kappa shape index (κ2) is 6.55. The van der Waals surface area contributed by atoms with Crippen LogP contribution in [0.5, 0.6) is 0 Å². The van der Waals surface area contributed by atoms with Crippen molar-refractivity contribution < 1.29 is 13.2 Å². The molecule has 0 bridgehead atoms. The summed E-state index contributed by atoms with van der Waals surface area (Å²) in [6, 6.07) is 11.7. The van der Waals surface area contributed by atoms with Crippen LogP contribution in [0.25, 0.3) is 5.69 Å². The summed E-state index contributed by atoms with van der Waals surface area (Å²) in [5.74, 6) is 0. The van der Waals surface area contributed by atoms with E-state index in [2.05, 4.69) is 10.4 Å². The van der Waals surface area contributed by atoms with Crippen molar-refractivity contribution in [2.45, 2.75) is 6.18 Å². The number of benzene rings is 1. The van der Waals surface area contributed by atoms with Crippen LogP contribution in [0.1, 0.15) is 5.69 Å². The van der Waals surface area contributed by atoms with Crippen molar-refractivity contribution in [1.82, 2.24) is 9.78 Å². The standard InChI is InChI=1S/C15H7F3N6/c16-15(17,18)14-5-6-24(23-14)13-4-2-1-3-11(13)22-12(9-21)10(7-19)8-20/h1-6,22H. The highest BCUT2D eigenvalue weighted by Crippen LogP contribution is 2.29. The number of rotatable bonds is 3. The van der Waals surface area contributed by atoms with Gasteiger partial charge in [0.2, 0.25) is 0 Å². The number of para-hydroxylation sites is 2. The van der Waals surface area contributed by atoms with Gasteiger partial charge in [-0.1, -0.05) is 12.1 Å². The summed E-state index contributed by atoms with van der Waals surface area (Å²) in [5, 5.41) is 32.7. The minimum absolute atomic E-state index is 0.217. The Morgan fingerprint density at radius 3 is 2.25 bits per heavy atom. The lowest BCUT2D eigenvalue weighted by Crippen LogP contribution is -2.09. The van der Waals surface area contributed by atoms with Gasteiger partial charge in [-0.3, -0.25) is 0 Å². The molecule has 0 saturated carbocycles. The summed E-state index contributed by atoms with van der Waals surface area (Å²) >= 11 is 0. The van der Waals surface area contributed by atoms with E-state index < -0.39 is 17.4 Å². The molecule has 0 aliphatic carbocycles. The van der Waals surface area contributed by atoms with Crippen LogP contribution in [0, 0.1) is 34.0 Å². The molecule has 1 aromatic carbocycles. The van der Waals surface area contributed by atoms with Crippen molar-refractivity contribution >= 4 is 5.69 Å². The number of nitriles is 3. The smallest absolute Gasteiger partial charge is 0.343 e. The normalized spacial score (nSPS) is 10.2. The van der Waals surface area contributed by atoms with Crippen molar-refractivity contribution in [2.75, 3.05) is 5.32 Å². The second-order valence-corrected chi connectivity index (χ2v) is 4.37. The van der Waals surface area contributed by atoms with E-state index >= 15 is 0 Å². The highest BCUT2D eigenvalue weighted by atomic mass is 19.4. The summed E-state index contributed by atoms with van der Waals surface area (Å²) in [7, 11) is 0. The monoisotopic (exact) mass is 328 g/mol. The van der Waals surface area contributed by atoms with Crippen LogP contribution in [0.15, 0.2) is 47.8 Å². The Balaban J connectivity index is 2.48. The number of anilines is 1. The van der Waals surface area contributed by atoms with E-state index in [1.807, 2.05) is 0 Å². The van der Waals surface area contributed by atoms with Gasteiger partial charge in [0.25, 0.3) is 0 Å². The Labute approximate surface area is 134 Å². The topological polar surface area (TPSA) is 101 Å². The molecular formula is C15H7F3N6. The number of halogens is 3. The summed E-state index contributed by atoms with van der Waals surface area (Å²) in [6.07, 6.45) is -3.46. The highest BCUT2D eigenvalue weighted by molar-refractivity contribution is 5.67. The van der Waals surface area contributed by atoms with Gasteiger partial charge in [0.1, 0.15) is 23.9 Å². The fourth-order valence-electron chi connectivity index (χ4n) is 1.81. The zero-order valence-corrected chi connectivity index (χ0v) is 11.8. The van der Waals surface area contributed by atoms with Gasteiger partial charge in [0.15, 0.2) is 11.3 Å². The molecule has 0 amide bonds. The van der Waals surface area contributed by atoms with E-state index in [1.54, 1.807) is 30.3 Å². The molecule has 0 radical (unpaired) electrons. The molecule has 6 nitrogen and oxygen atoms in total. The van der Waals surface area contributed by atoms with E-state index in [9.17, 15) is 13.2 Å². The molecule has 0 atom stereocenters. The molecule has 2 aromatic rings. The molecule has 0 saturated heterocycles. The molecule has 1 aromatic heterocycles. The minimum atomic E-state index is -4.58. The largest absolute Gasteiger partial charge is 0.435 e. The van der Waals surface area contributed by atoms with Crippen LogP contribution in [-0.2, 0) is 6.18 Å². The van der Waals surface area contributed by atoms with Gasteiger partial charge in [-0.25, -0.2) is 4.68 Å². The van der Waals surface area contributed by atoms with E-state index in [1.165, 1.54) is 12.1 Å². The first-order chi connectivity index (χ1) is 11.4. The molecule has 0 aliphatic rings. The molecule has 0 fully saturated rings. The minimum Gasteiger partial charge on any atom is -0.343 e. The van der Waals surface area contributed by atoms with Gasteiger partial charge in [-0.2, -0.15) is 34.1 Å². The van der Waals surface area contributed by atoms with Crippen molar-refractivity contribution in [3.05, 3.63) is 53.5 Å². The predicted octanol–water partition coefficient (Wildman–Crippen LogP) is 3.13. The maximum atomic E-state index is 12.7. The van der Waals surface area contributed by atoms with Gasteiger partial charge in [-0.15, -0.1) is 0 Å². The molecule has 0 unspecified atom stereocenters. The van der Waals surface area contributed by atoms with Gasteiger partial charge < -0.3 is 5.32 Å². The number of nitrogens with one attached hydrogen (secondary N) is 1. The Bertz CT molecular complexity index is 902. The Kier molecular flexibility index (Phi) is 4.53. The third-order valence-electron chi connectivity index (χ3n) is 2.88. The first-order valence-electron chi connectivity index (χ1n) is 6.34. The lowest BCUT2D eigenvalue weighted by molar-refractivity contribution is -0.141. The maximum absolute atomic E-state index is 12.7. The molecule has 24 heavy (non-hydrogen) atoms. The van der Waals surface area contributed by atoms with E-state index in [0.29, 0.717) is 0 Å². The number of nitrogens with zero attached hydrogens (tertiary/aromatic N) is 5. The van der Waals surface area contributed by atoms with Crippen LogP contribution in [0.2, 0.25) is 0 Å². The maximum Gasteiger partial charge on any atom is 0.435 e. The Hall–Kier alpha value is -3.77. The zero-order valence-electron chi connectivity index (χ0n) is 11.8. The molecule has 1 heterocycles. The Morgan fingerprint density at radius 2 is 1.71 bits per heavy atom. The number of hydrogen-bond donors (Lipinski definition) is 1. The lowest BCUT2D eigenvalue weighted by atomic mass is 10.2. The molecule has 0 aliphatic heterocycles.